The highest BCUT2D eigenvalue weighted by atomic mass is 16.5. The van der Waals surface area contributed by atoms with Gasteiger partial charge in [-0.2, -0.15) is 5.10 Å². The SMILES string of the molecule is C[C@@H]1Cc2c(C(=O)N3CCN(c4ccccc4)CC3)n[nH]c2[C@H](C)O1. The second kappa shape index (κ2) is 6.52. The van der Waals surface area contributed by atoms with Crippen molar-refractivity contribution in [1.29, 1.82) is 0 Å². The molecule has 2 aliphatic heterocycles. The lowest BCUT2D eigenvalue weighted by molar-refractivity contribution is -0.00702. The Morgan fingerprint density at radius 2 is 1.88 bits per heavy atom. The molecule has 2 atom stereocenters. The highest BCUT2D eigenvalue weighted by Gasteiger charge is 2.32. The Balaban J connectivity index is 1.47. The van der Waals surface area contributed by atoms with E-state index in [0.717, 1.165) is 43.9 Å². The van der Waals surface area contributed by atoms with E-state index in [-0.39, 0.29) is 18.1 Å². The summed E-state index contributed by atoms with van der Waals surface area (Å²) in [6.07, 6.45) is 0.811. The van der Waals surface area contributed by atoms with Crippen LogP contribution in [0.25, 0.3) is 0 Å². The molecule has 1 amide bonds. The van der Waals surface area contributed by atoms with E-state index in [1.54, 1.807) is 0 Å². The molecule has 0 aliphatic carbocycles. The second-order valence-electron chi connectivity index (χ2n) is 6.87. The quantitative estimate of drug-likeness (QED) is 0.912. The topological polar surface area (TPSA) is 61.5 Å². The molecule has 25 heavy (non-hydrogen) atoms. The number of fused-ring (bicyclic) bond motifs is 1. The molecule has 2 aliphatic rings. The number of anilines is 1. The number of nitrogens with zero attached hydrogens (tertiary/aromatic N) is 3. The first-order valence-electron chi connectivity index (χ1n) is 8.95. The lowest BCUT2D eigenvalue weighted by Gasteiger charge is -2.36. The molecular formula is C19H24N4O2. The molecule has 1 aromatic heterocycles. The van der Waals surface area contributed by atoms with E-state index in [9.17, 15) is 4.79 Å². The number of rotatable bonds is 2. The van der Waals surface area contributed by atoms with Crippen LogP contribution >= 0.6 is 0 Å². The maximum Gasteiger partial charge on any atom is 0.274 e. The van der Waals surface area contributed by atoms with Crippen LogP contribution in [0.4, 0.5) is 5.69 Å². The summed E-state index contributed by atoms with van der Waals surface area (Å²) >= 11 is 0. The van der Waals surface area contributed by atoms with Gasteiger partial charge in [0.2, 0.25) is 0 Å². The molecule has 2 aromatic rings. The zero-order valence-electron chi connectivity index (χ0n) is 14.7. The Hall–Kier alpha value is -2.34. The summed E-state index contributed by atoms with van der Waals surface area (Å²) < 4.78 is 5.81. The Labute approximate surface area is 147 Å². The van der Waals surface area contributed by atoms with Crippen LogP contribution in [0, 0.1) is 0 Å². The van der Waals surface area contributed by atoms with Gasteiger partial charge in [0, 0.05) is 43.9 Å². The number of H-pyrrole nitrogens is 1. The molecule has 3 heterocycles. The first-order chi connectivity index (χ1) is 12.1. The van der Waals surface area contributed by atoms with Crippen LogP contribution in [-0.4, -0.2) is 53.3 Å². The molecule has 0 radical (unpaired) electrons. The molecule has 1 N–H and O–H groups in total. The molecule has 1 aromatic carbocycles. The van der Waals surface area contributed by atoms with E-state index in [4.69, 9.17) is 4.74 Å². The third-order valence-electron chi connectivity index (χ3n) is 5.12. The molecule has 0 saturated carbocycles. The fraction of sp³-hybridized carbons (Fsp3) is 0.474. The van der Waals surface area contributed by atoms with Crippen LogP contribution in [0.3, 0.4) is 0 Å². The van der Waals surface area contributed by atoms with Crippen molar-refractivity contribution in [3.8, 4) is 0 Å². The van der Waals surface area contributed by atoms with Gasteiger partial charge >= 0.3 is 0 Å². The highest BCUT2D eigenvalue weighted by molar-refractivity contribution is 5.94. The number of aromatic nitrogens is 2. The minimum absolute atomic E-state index is 0.0338. The normalized spacial score (nSPS) is 23.4. The Bertz CT molecular complexity index is 750. The summed E-state index contributed by atoms with van der Waals surface area (Å²) in [6, 6.07) is 10.4. The van der Waals surface area contributed by atoms with E-state index in [0.29, 0.717) is 5.69 Å². The lowest BCUT2D eigenvalue weighted by atomic mass is 9.99. The number of carbonyl (C=O) groups is 1. The minimum Gasteiger partial charge on any atom is -0.369 e. The maximum atomic E-state index is 13.0. The standard InChI is InChI=1S/C19H24N4O2/c1-13-12-16-17(14(2)25-13)20-21-18(16)19(24)23-10-8-22(9-11-23)15-6-4-3-5-7-15/h3-7,13-14H,8-12H2,1-2H3,(H,20,21)/t13-,14+/m1/s1. The number of para-hydroxylation sites is 1. The van der Waals surface area contributed by atoms with Crippen molar-refractivity contribution in [3.63, 3.8) is 0 Å². The summed E-state index contributed by atoms with van der Waals surface area (Å²) in [6.45, 7) is 7.17. The molecule has 132 valence electrons. The number of aromatic amines is 1. The van der Waals surface area contributed by atoms with Crippen LogP contribution in [0.1, 0.15) is 41.7 Å². The number of ether oxygens (including phenoxy) is 1. The Kier molecular flexibility index (Phi) is 4.21. The first-order valence-corrected chi connectivity index (χ1v) is 8.95. The number of benzene rings is 1. The molecule has 4 rings (SSSR count). The van der Waals surface area contributed by atoms with Crippen LogP contribution in [0.15, 0.2) is 30.3 Å². The summed E-state index contributed by atoms with van der Waals surface area (Å²) in [7, 11) is 0. The molecule has 1 saturated heterocycles. The van der Waals surface area contributed by atoms with Crippen LogP contribution in [0.5, 0.6) is 0 Å². The van der Waals surface area contributed by atoms with Crippen molar-refractivity contribution in [2.75, 3.05) is 31.1 Å². The zero-order chi connectivity index (χ0) is 17.4. The molecule has 0 spiro atoms. The zero-order valence-corrected chi connectivity index (χ0v) is 14.7. The van der Waals surface area contributed by atoms with Gasteiger partial charge in [-0.05, 0) is 26.0 Å². The first kappa shape index (κ1) is 16.1. The Morgan fingerprint density at radius 1 is 1.16 bits per heavy atom. The molecule has 0 unspecified atom stereocenters. The largest absolute Gasteiger partial charge is 0.369 e. The highest BCUT2D eigenvalue weighted by Crippen LogP contribution is 2.30. The summed E-state index contributed by atoms with van der Waals surface area (Å²) in [5, 5.41) is 7.34. The monoisotopic (exact) mass is 340 g/mol. The average molecular weight is 340 g/mol. The molecule has 1 fully saturated rings. The van der Waals surface area contributed by atoms with Crippen molar-refractivity contribution >= 4 is 11.6 Å². The maximum absolute atomic E-state index is 13.0. The fourth-order valence-corrected chi connectivity index (χ4v) is 3.81. The molecule has 6 nitrogen and oxygen atoms in total. The van der Waals surface area contributed by atoms with Crippen LogP contribution in [0.2, 0.25) is 0 Å². The van der Waals surface area contributed by atoms with Gasteiger partial charge in [0.15, 0.2) is 5.69 Å². The number of nitrogens with one attached hydrogen (secondary N) is 1. The number of hydrogen-bond acceptors (Lipinski definition) is 4. The number of piperazine rings is 1. The Morgan fingerprint density at radius 3 is 2.60 bits per heavy atom. The predicted octanol–water partition coefficient (Wildman–Crippen LogP) is 2.39. The fourth-order valence-electron chi connectivity index (χ4n) is 3.81. The van der Waals surface area contributed by atoms with Gasteiger partial charge in [0.1, 0.15) is 0 Å². The van der Waals surface area contributed by atoms with Gasteiger partial charge in [-0.1, -0.05) is 18.2 Å². The van der Waals surface area contributed by atoms with Crippen molar-refractivity contribution in [3.05, 3.63) is 47.3 Å². The van der Waals surface area contributed by atoms with E-state index < -0.39 is 0 Å². The van der Waals surface area contributed by atoms with Crippen molar-refractivity contribution < 1.29 is 9.53 Å². The van der Waals surface area contributed by atoms with E-state index in [1.807, 2.05) is 36.9 Å². The average Bonchev–Trinajstić information content (AvgIpc) is 3.06. The van der Waals surface area contributed by atoms with Gasteiger partial charge in [0.05, 0.1) is 17.9 Å². The van der Waals surface area contributed by atoms with Crippen molar-refractivity contribution in [1.82, 2.24) is 15.1 Å². The second-order valence-corrected chi connectivity index (χ2v) is 6.87. The summed E-state index contributed by atoms with van der Waals surface area (Å²) in [5.74, 6) is 0.0338. The predicted molar refractivity (Wildman–Crippen MR) is 95.8 cm³/mol. The smallest absolute Gasteiger partial charge is 0.274 e. The van der Waals surface area contributed by atoms with Gasteiger partial charge in [-0.25, -0.2) is 0 Å². The summed E-state index contributed by atoms with van der Waals surface area (Å²) in [4.78, 5) is 17.2. The van der Waals surface area contributed by atoms with Crippen molar-refractivity contribution in [2.24, 2.45) is 0 Å². The molecule has 0 bridgehead atoms. The lowest BCUT2D eigenvalue weighted by Crippen LogP contribution is -2.49. The third-order valence-corrected chi connectivity index (χ3v) is 5.12. The van der Waals surface area contributed by atoms with Crippen LogP contribution < -0.4 is 4.90 Å². The van der Waals surface area contributed by atoms with Gasteiger partial charge < -0.3 is 14.5 Å². The van der Waals surface area contributed by atoms with E-state index in [1.165, 1.54) is 5.69 Å². The third kappa shape index (κ3) is 3.02. The minimum atomic E-state index is -0.0391. The van der Waals surface area contributed by atoms with Crippen LogP contribution in [-0.2, 0) is 11.2 Å². The number of hydrogen-bond donors (Lipinski definition) is 1. The number of amides is 1. The van der Waals surface area contributed by atoms with Crippen molar-refractivity contribution in [2.45, 2.75) is 32.5 Å². The summed E-state index contributed by atoms with van der Waals surface area (Å²) in [5.41, 5.74) is 3.77. The van der Waals surface area contributed by atoms with Gasteiger partial charge in [-0.3, -0.25) is 9.89 Å². The molecular weight excluding hydrogens is 316 g/mol. The van der Waals surface area contributed by atoms with Gasteiger partial charge in [0.25, 0.3) is 5.91 Å². The molecule has 6 heteroatoms. The van der Waals surface area contributed by atoms with Gasteiger partial charge in [-0.15, -0.1) is 0 Å². The van der Waals surface area contributed by atoms with E-state index in [2.05, 4.69) is 27.2 Å². The van der Waals surface area contributed by atoms with E-state index >= 15 is 0 Å². The number of carbonyl (C=O) groups excluding carboxylic acids is 1.